The van der Waals surface area contributed by atoms with Gasteiger partial charge in [0.2, 0.25) is 0 Å². The minimum absolute atomic E-state index is 0.0217. The molecule has 0 amide bonds. The largest absolute Gasteiger partial charge is 0.481 e. The molecule has 2 rings (SSSR count). The first kappa shape index (κ1) is 13.3. The smallest absolute Gasteiger partial charge is 0.313 e. The summed E-state index contributed by atoms with van der Waals surface area (Å²) < 4.78 is 24.3. The Morgan fingerprint density at radius 2 is 1.94 bits per heavy atom. The van der Waals surface area contributed by atoms with Crippen LogP contribution in [0.2, 0.25) is 5.02 Å². The molecule has 0 radical (unpaired) electrons. The summed E-state index contributed by atoms with van der Waals surface area (Å²) in [7, 11) is -3.75. The Bertz CT molecular complexity index is 580. The molecule has 7 heteroatoms. The molecule has 1 fully saturated rings. The number of halogens is 1. The minimum Gasteiger partial charge on any atom is -0.481 e. The van der Waals surface area contributed by atoms with E-state index in [2.05, 4.69) is 0 Å². The Labute approximate surface area is 109 Å². The van der Waals surface area contributed by atoms with E-state index in [9.17, 15) is 13.2 Å². The van der Waals surface area contributed by atoms with Crippen molar-refractivity contribution in [3.05, 3.63) is 29.3 Å². The van der Waals surface area contributed by atoms with Crippen molar-refractivity contribution in [2.24, 2.45) is 5.41 Å². The highest BCUT2D eigenvalue weighted by Crippen LogP contribution is 2.52. The van der Waals surface area contributed by atoms with E-state index in [4.69, 9.17) is 21.8 Å². The SMILES string of the molecule is O=C(O)[C@@]1(CO)C[C@H]1S(=O)(=O)c1ccc(Cl)cc1. The summed E-state index contributed by atoms with van der Waals surface area (Å²) in [6, 6.07) is 5.52. The first-order chi connectivity index (χ1) is 8.34. The van der Waals surface area contributed by atoms with E-state index < -0.39 is 33.1 Å². The normalized spacial score (nSPS) is 26.9. The average molecular weight is 291 g/mol. The van der Waals surface area contributed by atoms with E-state index in [0.717, 1.165) is 0 Å². The number of carboxylic acid groups (broad SMARTS) is 1. The van der Waals surface area contributed by atoms with Gasteiger partial charge in [-0.3, -0.25) is 4.79 Å². The van der Waals surface area contributed by atoms with E-state index in [1.54, 1.807) is 0 Å². The Morgan fingerprint density at radius 1 is 1.39 bits per heavy atom. The molecule has 18 heavy (non-hydrogen) atoms. The minimum atomic E-state index is -3.75. The summed E-state index contributed by atoms with van der Waals surface area (Å²) in [5.41, 5.74) is -1.56. The third-order valence-electron chi connectivity index (χ3n) is 3.23. The molecular weight excluding hydrogens is 280 g/mol. The van der Waals surface area contributed by atoms with E-state index in [-0.39, 0.29) is 11.3 Å². The van der Waals surface area contributed by atoms with Crippen LogP contribution in [-0.4, -0.2) is 36.5 Å². The monoisotopic (exact) mass is 290 g/mol. The van der Waals surface area contributed by atoms with Gasteiger partial charge in [-0.1, -0.05) is 11.6 Å². The quantitative estimate of drug-likeness (QED) is 0.861. The summed E-state index contributed by atoms with van der Waals surface area (Å²) in [6.07, 6.45) is -0.0657. The fourth-order valence-electron chi connectivity index (χ4n) is 1.93. The molecule has 0 spiro atoms. The predicted octanol–water partition coefficient (Wildman–Crippen LogP) is 0.949. The lowest BCUT2D eigenvalue weighted by molar-refractivity contribution is -0.144. The van der Waals surface area contributed by atoms with Crippen LogP contribution in [0.1, 0.15) is 6.42 Å². The second kappa shape index (κ2) is 4.22. The van der Waals surface area contributed by atoms with Crippen molar-refractivity contribution in [2.75, 3.05) is 6.61 Å². The molecule has 1 aromatic rings. The van der Waals surface area contributed by atoms with Crippen LogP contribution in [-0.2, 0) is 14.6 Å². The van der Waals surface area contributed by atoms with Gasteiger partial charge in [-0.05, 0) is 30.7 Å². The molecule has 2 N–H and O–H groups in total. The number of benzene rings is 1. The maximum atomic E-state index is 12.2. The Morgan fingerprint density at radius 3 is 2.33 bits per heavy atom. The number of carbonyl (C=O) groups is 1. The van der Waals surface area contributed by atoms with Crippen molar-refractivity contribution in [2.45, 2.75) is 16.6 Å². The Hall–Kier alpha value is -1.11. The van der Waals surface area contributed by atoms with Crippen molar-refractivity contribution in [3.8, 4) is 0 Å². The Balaban J connectivity index is 2.35. The van der Waals surface area contributed by atoms with Crippen molar-refractivity contribution >= 4 is 27.4 Å². The second-order valence-corrected chi connectivity index (χ2v) is 6.88. The predicted molar refractivity (Wildman–Crippen MR) is 64.2 cm³/mol. The third kappa shape index (κ3) is 1.90. The number of aliphatic carboxylic acids is 1. The first-order valence-electron chi connectivity index (χ1n) is 5.18. The van der Waals surface area contributed by atoms with Crippen molar-refractivity contribution in [3.63, 3.8) is 0 Å². The van der Waals surface area contributed by atoms with Crippen molar-refractivity contribution in [1.82, 2.24) is 0 Å². The first-order valence-corrected chi connectivity index (χ1v) is 7.11. The van der Waals surface area contributed by atoms with Crippen LogP contribution < -0.4 is 0 Å². The third-order valence-corrected chi connectivity index (χ3v) is 5.78. The number of hydrogen-bond acceptors (Lipinski definition) is 4. The molecule has 2 atom stereocenters. The Kier molecular flexibility index (Phi) is 3.12. The number of aliphatic hydroxyl groups is 1. The zero-order valence-corrected chi connectivity index (χ0v) is 10.8. The molecule has 1 aliphatic rings. The van der Waals surface area contributed by atoms with Crippen LogP contribution in [0.4, 0.5) is 0 Å². The topological polar surface area (TPSA) is 91.7 Å². The molecule has 0 heterocycles. The summed E-state index contributed by atoms with van der Waals surface area (Å²) in [6.45, 7) is -0.681. The highest BCUT2D eigenvalue weighted by Gasteiger charge is 2.66. The average Bonchev–Trinajstić information content (AvgIpc) is 3.06. The number of sulfone groups is 1. The van der Waals surface area contributed by atoms with Gasteiger partial charge in [-0.2, -0.15) is 0 Å². The van der Waals surface area contributed by atoms with Crippen LogP contribution in [0, 0.1) is 5.41 Å². The molecule has 0 bridgehead atoms. The lowest BCUT2D eigenvalue weighted by atomic mass is 10.1. The van der Waals surface area contributed by atoms with E-state index in [1.807, 2.05) is 0 Å². The standard InChI is InChI=1S/C11H11ClO5S/c12-7-1-3-8(4-2-7)18(16,17)9-5-11(9,6-13)10(14)15/h1-4,9,13H,5-6H2,(H,14,15)/t9-,11-/m1/s1. The maximum absolute atomic E-state index is 12.2. The van der Waals surface area contributed by atoms with E-state index >= 15 is 0 Å². The van der Waals surface area contributed by atoms with Crippen LogP contribution >= 0.6 is 11.6 Å². The van der Waals surface area contributed by atoms with Crippen molar-refractivity contribution in [1.29, 1.82) is 0 Å². The summed E-state index contributed by atoms with van der Waals surface area (Å²) in [4.78, 5) is 11.0. The van der Waals surface area contributed by atoms with Gasteiger partial charge in [-0.15, -0.1) is 0 Å². The fourth-order valence-corrected chi connectivity index (χ4v) is 4.18. The van der Waals surface area contributed by atoms with Crippen molar-refractivity contribution < 1.29 is 23.4 Å². The fraction of sp³-hybridized carbons (Fsp3) is 0.364. The maximum Gasteiger partial charge on any atom is 0.313 e. The lowest BCUT2D eigenvalue weighted by Crippen LogP contribution is -2.27. The highest BCUT2D eigenvalue weighted by atomic mass is 35.5. The van der Waals surface area contributed by atoms with E-state index in [0.29, 0.717) is 5.02 Å². The second-order valence-electron chi connectivity index (χ2n) is 4.31. The molecule has 0 aromatic heterocycles. The number of aliphatic hydroxyl groups excluding tert-OH is 1. The van der Waals surface area contributed by atoms with Gasteiger partial charge in [0.25, 0.3) is 0 Å². The zero-order chi connectivity index (χ0) is 13.6. The van der Waals surface area contributed by atoms with Crippen LogP contribution in [0.25, 0.3) is 0 Å². The molecule has 1 aliphatic carbocycles. The molecule has 0 aliphatic heterocycles. The molecular formula is C11H11ClO5S. The summed E-state index contributed by atoms with van der Waals surface area (Å²) >= 11 is 5.66. The summed E-state index contributed by atoms with van der Waals surface area (Å²) in [5.74, 6) is -1.28. The number of hydrogen-bond donors (Lipinski definition) is 2. The van der Waals surface area contributed by atoms with Gasteiger partial charge in [0.05, 0.1) is 16.8 Å². The molecule has 98 valence electrons. The van der Waals surface area contributed by atoms with Crippen LogP contribution in [0.15, 0.2) is 29.2 Å². The molecule has 0 saturated heterocycles. The van der Waals surface area contributed by atoms with Gasteiger partial charge in [0, 0.05) is 5.02 Å². The van der Waals surface area contributed by atoms with Crippen LogP contribution in [0.5, 0.6) is 0 Å². The molecule has 1 saturated carbocycles. The van der Waals surface area contributed by atoms with Gasteiger partial charge in [0.15, 0.2) is 9.84 Å². The lowest BCUT2D eigenvalue weighted by Gasteiger charge is -2.09. The van der Waals surface area contributed by atoms with Gasteiger partial charge in [0.1, 0.15) is 5.41 Å². The van der Waals surface area contributed by atoms with Gasteiger partial charge >= 0.3 is 5.97 Å². The molecule has 1 aromatic carbocycles. The van der Waals surface area contributed by atoms with E-state index in [1.165, 1.54) is 24.3 Å². The molecule has 5 nitrogen and oxygen atoms in total. The highest BCUT2D eigenvalue weighted by molar-refractivity contribution is 7.92. The van der Waals surface area contributed by atoms with Gasteiger partial charge < -0.3 is 10.2 Å². The number of carboxylic acids is 1. The van der Waals surface area contributed by atoms with Gasteiger partial charge in [-0.25, -0.2) is 8.42 Å². The summed E-state index contributed by atoms with van der Waals surface area (Å²) in [5, 5.41) is 17.4. The number of rotatable bonds is 4. The zero-order valence-electron chi connectivity index (χ0n) is 9.21. The van der Waals surface area contributed by atoms with Crippen LogP contribution in [0.3, 0.4) is 0 Å². The molecule has 0 unspecified atom stereocenters.